The molecule has 0 aromatic rings. The molecule has 0 aromatic heterocycles. The van der Waals surface area contributed by atoms with Crippen molar-refractivity contribution in [3.63, 3.8) is 0 Å². The molecule has 0 saturated heterocycles. The van der Waals surface area contributed by atoms with Crippen LogP contribution in [-0.4, -0.2) is 13.2 Å². The Morgan fingerprint density at radius 2 is 2.40 bits per heavy atom. The van der Waals surface area contributed by atoms with Gasteiger partial charge in [-0.3, -0.25) is 0 Å². The summed E-state index contributed by atoms with van der Waals surface area (Å²) >= 11 is 0. The summed E-state index contributed by atoms with van der Waals surface area (Å²) in [5, 5.41) is 0. The zero-order valence-electron chi connectivity index (χ0n) is 6.42. The molecule has 1 saturated carbocycles. The molecule has 3 aliphatic rings. The van der Waals surface area contributed by atoms with E-state index in [0.29, 0.717) is 12.0 Å². The fraction of sp³-hybridized carbons (Fsp3) is 0.556. The van der Waals surface area contributed by atoms with Gasteiger partial charge >= 0.3 is 0 Å². The number of ether oxygens (including phenoxy) is 1. The topological polar surface area (TPSA) is 9.23 Å². The molecule has 54 valence electrons. The molecule has 0 heterocycles. The lowest BCUT2D eigenvalue weighted by Gasteiger charge is -2.40. The van der Waals surface area contributed by atoms with Gasteiger partial charge in [0.05, 0.1) is 6.10 Å². The summed E-state index contributed by atoms with van der Waals surface area (Å²) in [6.45, 7) is 2.15. The molecule has 0 amide bonds. The second-order valence-corrected chi connectivity index (χ2v) is 3.15. The number of hydrogen-bond donors (Lipinski definition) is 0. The molecule has 1 heteroatoms. The van der Waals surface area contributed by atoms with Gasteiger partial charge in [-0.2, -0.15) is 0 Å². The highest BCUT2D eigenvalue weighted by atomic mass is 16.5. The van der Waals surface area contributed by atoms with Crippen LogP contribution in [0.1, 0.15) is 13.3 Å². The Labute approximate surface area is 61.4 Å². The minimum atomic E-state index is 0.420. The second-order valence-electron chi connectivity index (χ2n) is 3.15. The molecule has 2 atom stereocenters. The van der Waals surface area contributed by atoms with Gasteiger partial charge in [-0.05, 0) is 18.9 Å². The van der Waals surface area contributed by atoms with Crippen molar-refractivity contribution in [2.45, 2.75) is 19.4 Å². The molecule has 0 radical (unpaired) electrons. The van der Waals surface area contributed by atoms with Crippen LogP contribution in [-0.2, 0) is 4.74 Å². The van der Waals surface area contributed by atoms with E-state index in [1.807, 2.05) is 0 Å². The van der Waals surface area contributed by atoms with E-state index < -0.39 is 0 Å². The molecular weight excluding hydrogens is 124 g/mol. The predicted molar refractivity (Wildman–Crippen MR) is 40.7 cm³/mol. The lowest BCUT2D eigenvalue weighted by atomic mass is 9.71. The Kier molecular flexibility index (Phi) is 1.21. The zero-order valence-corrected chi connectivity index (χ0v) is 6.42. The van der Waals surface area contributed by atoms with Gasteiger partial charge in [-0.1, -0.05) is 17.7 Å². The summed E-state index contributed by atoms with van der Waals surface area (Å²) in [6.07, 6.45) is 6.20. The van der Waals surface area contributed by atoms with E-state index in [9.17, 15) is 0 Å². The Morgan fingerprint density at radius 3 is 2.90 bits per heavy atom. The van der Waals surface area contributed by atoms with Gasteiger partial charge in [0.25, 0.3) is 0 Å². The van der Waals surface area contributed by atoms with Crippen molar-refractivity contribution in [2.24, 2.45) is 5.92 Å². The van der Waals surface area contributed by atoms with E-state index in [1.54, 1.807) is 7.11 Å². The van der Waals surface area contributed by atoms with Gasteiger partial charge in [0.2, 0.25) is 0 Å². The van der Waals surface area contributed by atoms with E-state index in [1.165, 1.54) is 17.6 Å². The average molecular weight is 136 g/mol. The van der Waals surface area contributed by atoms with Crippen LogP contribution in [0.25, 0.3) is 0 Å². The van der Waals surface area contributed by atoms with Crippen LogP contribution in [0.2, 0.25) is 0 Å². The summed E-state index contributed by atoms with van der Waals surface area (Å²) in [6, 6.07) is 0. The number of hydrogen-bond acceptors (Lipinski definition) is 1. The molecule has 0 N–H and O–H groups in total. The third-order valence-corrected chi connectivity index (χ3v) is 2.37. The standard InChI is InChI=1S/C9H12O/c1-6-3-7-5-8(4-6)9(7)10-2/h3-4,7,9H,5H2,1-2H3. The summed E-state index contributed by atoms with van der Waals surface area (Å²) in [5.74, 6) is 0.685. The molecule has 1 fully saturated rings. The van der Waals surface area contributed by atoms with Crippen molar-refractivity contribution in [3.8, 4) is 0 Å². The zero-order chi connectivity index (χ0) is 7.14. The fourth-order valence-corrected chi connectivity index (χ4v) is 1.90. The van der Waals surface area contributed by atoms with Crippen LogP contribution in [0, 0.1) is 5.92 Å². The van der Waals surface area contributed by atoms with Crippen molar-refractivity contribution >= 4 is 0 Å². The molecule has 1 nitrogen and oxygen atoms in total. The highest BCUT2D eigenvalue weighted by molar-refractivity contribution is 5.39. The van der Waals surface area contributed by atoms with Gasteiger partial charge in [0.1, 0.15) is 0 Å². The Hall–Kier alpha value is -0.560. The molecule has 10 heavy (non-hydrogen) atoms. The van der Waals surface area contributed by atoms with Crippen molar-refractivity contribution < 1.29 is 4.74 Å². The first-order chi connectivity index (χ1) is 4.81. The highest BCUT2D eigenvalue weighted by Gasteiger charge is 2.36. The first-order valence-electron chi connectivity index (χ1n) is 3.73. The van der Waals surface area contributed by atoms with Crippen LogP contribution in [0.4, 0.5) is 0 Å². The lowest BCUT2D eigenvalue weighted by molar-refractivity contribution is 0.0542. The second kappa shape index (κ2) is 1.96. The first-order valence-corrected chi connectivity index (χ1v) is 3.73. The van der Waals surface area contributed by atoms with Crippen molar-refractivity contribution in [3.05, 3.63) is 23.3 Å². The van der Waals surface area contributed by atoms with Crippen molar-refractivity contribution in [1.29, 1.82) is 0 Å². The number of methoxy groups -OCH3 is 1. The maximum Gasteiger partial charge on any atom is 0.0850 e. The fourth-order valence-electron chi connectivity index (χ4n) is 1.90. The monoisotopic (exact) mass is 136 g/mol. The molecule has 3 rings (SSSR count). The Morgan fingerprint density at radius 1 is 1.60 bits per heavy atom. The SMILES string of the molecule is COC1C2=CC(C)=CC1C2. The van der Waals surface area contributed by atoms with Crippen LogP contribution in [0.15, 0.2) is 23.3 Å². The first kappa shape index (κ1) is 6.17. The third-order valence-electron chi connectivity index (χ3n) is 2.37. The Balaban J connectivity index is 2.21. The normalized spacial score (nSPS) is 36.2. The smallest absolute Gasteiger partial charge is 0.0850 e. The van der Waals surface area contributed by atoms with E-state index in [4.69, 9.17) is 4.74 Å². The maximum absolute atomic E-state index is 5.29. The van der Waals surface area contributed by atoms with E-state index in [-0.39, 0.29) is 0 Å². The van der Waals surface area contributed by atoms with Gasteiger partial charge < -0.3 is 4.74 Å². The van der Waals surface area contributed by atoms with E-state index in [0.717, 1.165) is 0 Å². The van der Waals surface area contributed by atoms with Crippen molar-refractivity contribution in [1.82, 2.24) is 0 Å². The molecule has 0 spiro atoms. The lowest BCUT2D eigenvalue weighted by Crippen LogP contribution is -2.37. The molecule has 0 aromatic carbocycles. The number of rotatable bonds is 1. The molecule has 0 aliphatic heterocycles. The quantitative estimate of drug-likeness (QED) is 0.535. The molecule has 2 bridgehead atoms. The summed E-state index contributed by atoms with van der Waals surface area (Å²) in [7, 11) is 1.79. The minimum Gasteiger partial charge on any atom is -0.376 e. The molecular formula is C9H12O. The largest absolute Gasteiger partial charge is 0.376 e. The molecule has 3 aliphatic carbocycles. The third kappa shape index (κ3) is 0.671. The summed E-state index contributed by atoms with van der Waals surface area (Å²) < 4.78 is 5.29. The van der Waals surface area contributed by atoms with Gasteiger partial charge in [0, 0.05) is 13.0 Å². The average Bonchev–Trinajstić information content (AvgIpc) is 1.87. The number of allylic oxidation sites excluding steroid dienone is 2. The van der Waals surface area contributed by atoms with Crippen LogP contribution in [0.5, 0.6) is 0 Å². The maximum atomic E-state index is 5.29. The van der Waals surface area contributed by atoms with E-state index in [2.05, 4.69) is 19.1 Å². The van der Waals surface area contributed by atoms with Gasteiger partial charge in [0.15, 0.2) is 0 Å². The van der Waals surface area contributed by atoms with Crippen molar-refractivity contribution in [2.75, 3.05) is 7.11 Å². The highest BCUT2D eigenvalue weighted by Crippen LogP contribution is 2.41. The van der Waals surface area contributed by atoms with Crippen LogP contribution >= 0.6 is 0 Å². The van der Waals surface area contributed by atoms with Gasteiger partial charge in [-0.15, -0.1) is 0 Å². The predicted octanol–water partition coefficient (Wildman–Crippen LogP) is 1.91. The Bertz CT molecular complexity index is 213. The summed E-state index contributed by atoms with van der Waals surface area (Å²) in [5.41, 5.74) is 2.88. The van der Waals surface area contributed by atoms with E-state index >= 15 is 0 Å². The van der Waals surface area contributed by atoms with Crippen LogP contribution < -0.4 is 0 Å². The minimum absolute atomic E-state index is 0.420. The van der Waals surface area contributed by atoms with Gasteiger partial charge in [-0.25, -0.2) is 0 Å². The van der Waals surface area contributed by atoms with Crippen LogP contribution in [0.3, 0.4) is 0 Å². The summed E-state index contributed by atoms with van der Waals surface area (Å²) in [4.78, 5) is 0. The molecule has 2 unspecified atom stereocenters. The number of fused-ring (bicyclic) bond motifs is 1.